The van der Waals surface area contributed by atoms with Crippen LogP contribution in [0.3, 0.4) is 0 Å². The molecule has 5 nitrogen and oxygen atoms in total. The lowest BCUT2D eigenvalue weighted by Crippen LogP contribution is -2.52. The lowest BCUT2D eigenvalue weighted by molar-refractivity contribution is 0.0591. The third-order valence-electron chi connectivity index (χ3n) is 4.65. The van der Waals surface area contributed by atoms with E-state index in [2.05, 4.69) is 11.8 Å². The third-order valence-corrected chi connectivity index (χ3v) is 7.34. The molecule has 0 bridgehead atoms. The molecule has 2 fully saturated rings. The Morgan fingerprint density at radius 1 is 1.32 bits per heavy atom. The number of hydrogen-bond acceptors (Lipinski definition) is 5. The van der Waals surface area contributed by atoms with Gasteiger partial charge in [-0.2, -0.15) is 0 Å². The Morgan fingerprint density at radius 2 is 2.05 bits per heavy atom. The molecule has 22 heavy (non-hydrogen) atoms. The Labute approximate surface area is 135 Å². The van der Waals surface area contributed by atoms with Gasteiger partial charge in [-0.3, -0.25) is 9.69 Å². The number of piperazine rings is 1. The van der Waals surface area contributed by atoms with Crippen molar-refractivity contribution in [3.8, 4) is 0 Å². The van der Waals surface area contributed by atoms with E-state index in [4.69, 9.17) is 0 Å². The zero-order valence-corrected chi connectivity index (χ0v) is 14.5. The Kier molecular flexibility index (Phi) is 4.56. The van der Waals surface area contributed by atoms with Gasteiger partial charge in [-0.05, 0) is 29.9 Å². The minimum absolute atomic E-state index is 0.130. The van der Waals surface area contributed by atoms with Crippen molar-refractivity contribution in [2.75, 3.05) is 37.7 Å². The summed E-state index contributed by atoms with van der Waals surface area (Å²) in [5.41, 5.74) is 1.12. The van der Waals surface area contributed by atoms with Gasteiger partial charge in [-0.25, -0.2) is 8.42 Å². The van der Waals surface area contributed by atoms with E-state index in [1.165, 1.54) is 11.3 Å². The number of amides is 1. The van der Waals surface area contributed by atoms with Gasteiger partial charge in [0.05, 0.1) is 16.4 Å². The second-order valence-electron chi connectivity index (χ2n) is 6.01. The highest BCUT2D eigenvalue weighted by molar-refractivity contribution is 7.91. The Bertz CT molecular complexity index is 645. The van der Waals surface area contributed by atoms with Crippen molar-refractivity contribution in [2.24, 2.45) is 0 Å². The summed E-state index contributed by atoms with van der Waals surface area (Å²) in [6, 6.07) is 2.17. The highest BCUT2D eigenvalue weighted by Gasteiger charge is 2.34. The molecule has 0 aromatic carbocycles. The van der Waals surface area contributed by atoms with Gasteiger partial charge in [0, 0.05) is 32.2 Å². The van der Waals surface area contributed by atoms with E-state index < -0.39 is 9.84 Å². The number of sulfone groups is 1. The Morgan fingerprint density at radius 3 is 2.64 bits per heavy atom. The van der Waals surface area contributed by atoms with E-state index in [1.807, 2.05) is 16.3 Å². The van der Waals surface area contributed by atoms with Gasteiger partial charge in [-0.15, -0.1) is 11.3 Å². The zero-order chi connectivity index (χ0) is 15.7. The van der Waals surface area contributed by atoms with Gasteiger partial charge in [-0.1, -0.05) is 6.92 Å². The highest BCUT2D eigenvalue weighted by atomic mass is 32.2. The summed E-state index contributed by atoms with van der Waals surface area (Å²) in [4.78, 5) is 17.6. The average Bonchev–Trinajstić information content (AvgIpc) is 3.12. The molecular weight excluding hydrogens is 320 g/mol. The number of aryl methyl sites for hydroxylation is 1. The van der Waals surface area contributed by atoms with Gasteiger partial charge in [0.25, 0.3) is 5.91 Å². The number of hydrogen-bond donors (Lipinski definition) is 0. The maximum atomic E-state index is 12.6. The quantitative estimate of drug-likeness (QED) is 0.830. The SMILES string of the molecule is CCc1ccsc1C(=O)N1CCN([C@H]2CCS(=O)(=O)C2)CC1. The molecule has 1 atom stereocenters. The molecule has 7 heteroatoms. The van der Waals surface area contributed by atoms with Crippen LogP contribution in [0.4, 0.5) is 0 Å². The van der Waals surface area contributed by atoms with Crippen LogP contribution in [0.1, 0.15) is 28.6 Å². The molecule has 122 valence electrons. The fourth-order valence-electron chi connectivity index (χ4n) is 3.30. The summed E-state index contributed by atoms with van der Waals surface area (Å²) in [5.74, 6) is 0.725. The molecular formula is C15H22N2O3S2. The monoisotopic (exact) mass is 342 g/mol. The molecule has 0 N–H and O–H groups in total. The highest BCUT2D eigenvalue weighted by Crippen LogP contribution is 2.22. The summed E-state index contributed by atoms with van der Waals surface area (Å²) in [5, 5.41) is 1.98. The summed E-state index contributed by atoms with van der Waals surface area (Å²) in [6.07, 6.45) is 1.62. The minimum Gasteiger partial charge on any atom is -0.335 e. The molecule has 1 aromatic heterocycles. The molecule has 1 amide bonds. The third kappa shape index (κ3) is 3.21. The topological polar surface area (TPSA) is 57.7 Å². The van der Waals surface area contributed by atoms with Crippen molar-refractivity contribution < 1.29 is 13.2 Å². The van der Waals surface area contributed by atoms with Gasteiger partial charge in [0.2, 0.25) is 0 Å². The number of thiophene rings is 1. The van der Waals surface area contributed by atoms with E-state index >= 15 is 0 Å². The number of carbonyl (C=O) groups excluding carboxylic acids is 1. The van der Waals surface area contributed by atoms with Gasteiger partial charge in [0.15, 0.2) is 9.84 Å². The van der Waals surface area contributed by atoms with Crippen molar-refractivity contribution in [2.45, 2.75) is 25.8 Å². The number of rotatable bonds is 3. The fourth-order valence-corrected chi connectivity index (χ4v) is 6.02. The van der Waals surface area contributed by atoms with Crippen molar-refractivity contribution in [1.29, 1.82) is 0 Å². The van der Waals surface area contributed by atoms with E-state index in [0.29, 0.717) is 18.8 Å². The van der Waals surface area contributed by atoms with Crippen LogP contribution in [0.5, 0.6) is 0 Å². The van der Waals surface area contributed by atoms with Crippen LogP contribution in [0.25, 0.3) is 0 Å². The smallest absolute Gasteiger partial charge is 0.264 e. The predicted octanol–water partition coefficient (Wildman–Crippen LogP) is 1.26. The Balaban J connectivity index is 1.59. The van der Waals surface area contributed by atoms with Crippen molar-refractivity contribution in [3.63, 3.8) is 0 Å². The van der Waals surface area contributed by atoms with Crippen LogP contribution >= 0.6 is 11.3 Å². The molecule has 0 aliphatic carbocycles. The molecule has 2 aliphatic rings. The van der Waals surface area contributed by atoms with Crippen LogP contribution in [-0.2, 0) is 16.3 Å². The zero-order valence-electron chi connectivity index (χ0n) is 12.8. The van der Waals surface area contributed by atoms with Gasteiger partial charge < -0.3 is 4.90 Å². The first kappa shape index (κ1) is 16.0. The Hall–Kier alpha value is -0.920. The molecule has 3 rings (SSSR count). The lowest BCUT2D eigenvalue weighted by Gasteiger charge is -2.37. The molecule has 2 aliphatic heterocycles. The van der Waals surface area contributed by atoms with Crippen LogP contribution in [0.15, 0.2) is 11.4 Å². The summed E-state index contributed by atoms with van der Waals surface area (Å²) in [7, 11) is -2.84. The fraction of sp³-hybridized carbons (Fsp3) is 0.667. The predicted molar refractivity (Wildman–Crippen MR) is 88.2 cm³/mol. The van der Waals surface area contributed by atoms with Crippen LogP contribution in [0, 0.1) is 0 Å². The van der Waals surface area contributed by atoms with Crippen molar-refractivity contribution in [1.82, 2.24) is 9.80 Å². The second-order valence-corrected chi connectivity index (χ2v) is 9.16. The molecule has 3 heterocycles. The lowest BCUT2D eigenvalue weighted by atomic mass is 10.1. The first-order chi connectivity index (χ1) is 10.5. The number of nitrogens with zero attached hydrogens (tertiary/aromatic N) is 2. The largest absolute Gasteiger partial charge is 0.335 e. The first-order valence-electron chi connectivity index (χ1n) is 7.80. The molecule has 2 saturated heterocycles. The van der Waals surface area contributed by atoms with Crippen molar-refractivity contribution >= 4 is 27.1 Å². The maximum Gasteiger partial charge on any atom is 0.264 e. The summed E-state index contributed by atoms with van der Waals surface area (Å²) < 4.78 is 23.2. The molecule has 0 unspecified atom stereocenters. The molecule has 0 radical (unpaired) electrons. The van der Waals surface area contributed by atoms with E-state index in [9.17, 15) is 13.2 Å². The summed E-state index contributed by atoms with van der Waals surface area (Å²) in [6.45, 7) is 5.00. The van der Waals surface area contributed by atoms with Crippen LogP contribution in [-0.4, -0.2) is 67.9 Å². The molecule has 0 saturated carbocycles. The normalized spacial score (nSPS) is 25.5. The van der Waals surface area contributed by atoms with Gasteiger partial charge in [0.1, 0.15) is 0 Å². The first-order valence-corrected chi connectivity index (χ1v) is 10.5. The average molecular weight is 342 g/mol. The molecule has 1 aromatic rings. The number of carbonyl (C=O) groups is 1. The maximum absolute atomic E-state index is 12.6. The van der Waals surface area contributed by atoms with E-state index in [-0.39, 0.29) is 17.7 Å². The van der Waals surface area contributed by atoms with E-state index in [1.54, 1.807) is 0 Å². The van der Waals surface area contributed by atoms with E-state index in [0.717, 1.165) is 36.4 Å². The molecule has 0 spiro atoms. The van der Waals surface area contributed by atoms with Crippen molar-refractivity contribution in [3.05, 3.63) is 21.9 Å². The summed E-state index contributed by atoms with van der Waals surface area (Å²) >= 11 is 1.52. The van der Waals surface area contributed by atoms with Crippen LogP contribution < -0.4 is 0 Å². The van der Waals surface area contributed by atoms with Gasteiger partial charge >= 0.3 is 0 Å². The minimum atomic E-state index is -2.84. The second kappa shape index (κ2) is 6.29. The van der Waals surface area contributed by atoms with Crippen LogP contribution in [0.2, 0.25) is 0 Å². The standard InChI is InChI=1S/C15H22N2O3S2/c1-2-12-3-9-21-14(12)15(18)17-7-5-16(6-8-17)13-4-10-22(19,20)11-13/h3,9,13H,2,4-8,10-11H2,1H3/t13-/m0/s1.